The van der Waals surface area contributed by atoms with Crippen LogP contribution in [0.25, 0.3) is 22.0 Å². The normalized spacial score (nSPS) is 20.1. The summed E-state index contributed by atoms with van der Waals surface area (Å²) in [5, 5.41) is 0.962. The van der Waals surface area contributed by atoms with Crippen molar-refractivity contribution >= 4 is 22.8 Å². The molecule has 1 aliphatic carbocycles. The molecule has 0 unspecified atom stereocenters. The van der Waals surface area contributed by atoms with Gasteiger partial charge in [-0.1, -0.05) is 18.2 Å². The van der Waals surface area contributed by atoms with Gasteiger partial charge in [-0.05, 0) is 47.4 Å². The van der Waals surface area contributed by atoms with Crippen molar-refractivity contribution in [1.82, 2.24) is 4.98 Å². The maximum Gasteiger partial charge on any atom is 0.310 e. The molecular formula is C32H29NO9. The number of fused-ring (bicyclic) bond motifs is 4. The van der Waals surface area contributed by atoms with Gasteiger partial charge in [0.05, 0.1) is 40.3 Å². The molecule has 3 aliphatic rings. The molecule has 3 heterocycles. The first kappa shape index (κ1) is 26.1. The van der Waals surface area contributed by atoms with E-state index in [4.69, 9.17) is 33.2 Å². The lowest BCUT2D eigenvalue weighted by Crippen LogP contribution is -2.33. The summed E-state index contributed by atoms with van der Waals surface area (Å²) in [5.74, 6) is 0.927. The summed E-state index contributed by atoms with van der Waals surface area (Å²) >= 11 is 0. The van der Waals surface area contributed by atoms with E-state index in [1.54, 1.807) is 21.3 Å². The zero-order chi connectivity index (χ0) is 29.0. The molecule has 0 bridgehead atoms. The van der Waals surface area contributed by atoms with Gasteiger partial charge in [0.25, 0.3) is 0 Å². The van der Waals surface area contributed by atoms with E-state index in [1.807, 2.05) is 48.7 Å². The lowest BCUT2D eigenvalue weighted by atomic mass is 9.73. The highest BCUT2D eigenvalue weighted by Crippen LogP contribution is 2.55. The van der Waals surface area contributed by atoms with E-state index in [-0.39, 0.29) is 31.7 Å². The number of para-hydroxylation sites is 1. The molecule has 7 rings (SSSR count). The van der Waals surface area contributed by atoms with Crippen molar-refractivity contribution in [3.63, 3.8) is 0 Å². The number of benzene rings is 3. The number of methoxy groups -OCH3 is 3. The predicted octanol–water partition coefficient (Wildman–Crippen LogP) is 4.76. The predicted molar refractivity (Wildman–Crippen MR) is 150 cm³/mol. The SMILES string of the molecule is COc1cc(-c2c3c(cc4c2OCO4)[C@H](OC(=O)Cc2c[nH]c4ccccc24)[C@H]2COC(=O)[C@@H]2C3)cc(OC)c1OC. The second-order valence-corrected chi connectivity index (χ2v) is 10.5. The molecule has 1 N–H and O–H groups in total. The van der Waals surface area contributed by atoms with Gasteiger partial charge in [-0.25, -0.2) is 0 Å². The number of H-pyrrole nitrogens is 1. The van der Waals surface area contributed by atoms with Crippen LogP contribution in [-0.4, -0.2) is 51.7 Å². The smallest absolute Gasteiger partial charge is 0.310 e. The quantitative estimate of drug-likeness (QED) is 0.314. The fourth-order valence-corrected chi connectivity index (χ4v) is 6.43. The maximum atomic E-state index is 13.5. The molecule has 4 aromatic rings. The van der Waals surface area contributed by atoms with E-state index in [2.05, 4.69) is 4.98 Å². The summed E-state index contributed by atoms with van der Waals surface area (Å²) in [6.07, 6.45) is 1.56. The number of nitrogens with one attached hydrogen (secondary N) is 1. The number of hydrogen-bond donors (Lipinski definition) is 1. The van der Waals surface area contributed by atoms with Crippen molar-refractivity contribution in [2.75, 3.05) is 34.7 Å². The summed E-state index contributed by atoms with van der Waals surface area (Å²) < 4.78 is 40.3. The Kier molecular flexibility index (Phi) is 6.33. The highest BCUT2D eigenvalue weighted by atomic mass is 16.7. The zero-order valence-electron chi connectivity index (χ0n) is 23.4. The minimum Gasteiger partial charge on any atom is -0.493 e. The van der Waals surface area contributed by atoms with E-state index in [0.717, 1.165) is 38.7 Å². The van der Waals surface area contributed by atoms with Gasteiger partial charge in [-0.15, -0.1) is 0 Å². The van der Waals surface area contributed by atoms with Gasteiger partial charge < -0.3 is 38.1 Å². The first-order valence-corrected chi connectivity index (χ1v) is 13.7. The summed E-state index contributed by atoms with van der Waals surface area (Å²) in [6.45, 7) is 0.206. The fourth-order valence-electron chi connectivity index (χ4n) is 6.43. The molecule has 0 spiro atoms. The maximum absolute atomic E-state index is 13.5. The molecule has 3 atom stereocenters. The van der Waals surface area contributed by atoms with Crippen molar-refractivity contribution in [2.45, 2.75) is 18.9 Å². The van der Waals surface area contributed by atoms with Gasteiger partial charge in [0.1, 0.15) is 6.10 Å². The Morgan fingerprint density at radius 3 is 2.55 bits per heavy atom. The third kappa shape index (κ3) is 4.08. The summed E-state index contributed by atoms with van der Waals surface area (Å²) in [5.41, 5.74) is 4.80. The number of aromatic nitrogens is 1. The van der Waals surface area contributed by atoms with Gasteiger partial charge in [0.15, 0.2) is 23.0 Å². The van der Waals surface area contributed by atoms with E-state index < -0.39 is 18.0 Å². The van der Waals surface area contributed by atoms with Gasteiger partial charge in [-0.2, -0.15) is 0 Å². The number of rotatable bonds is 7. The summed E-state index contributed by atoms with van der Waals surface area (Å²) in [4.78, 5) is 29.6. The first-order chi connectivity index (χ1) is 20.5. The van der Waals surface area contributed by atoms with Crippen molar-refractivity contribution in [1.29, 1.82) is 0 Å². The van der Waals surface area contributed by atoms with Crippen LogP contribution in [0.1, 0.15) is 22.8 Å². The second kappa shape index (κ2) is 10.2. The minimum absolute atomic E-state index is 0.0373. The number of ether oxygens (including phenoxy) is 7. The van der Waals surface area contributed by atoms with Crippen LogP contribution < -0.4 is 23.7 Å². The Morgan fingerprint density at radius 1 is 1.00 bits per heavy atom. The molecule has 1 fully saturated rings. The van der Waals surface area contributed by atoms with Crippen molar-refractivity contribution < 1.29 is 42.7 Å². The van der Waals surface area contributed by atoms with Crippen LogP contribution in [0.5, 0.6) is 28.7 Å². The van der Waals surface area contributed by atoms with Crippen LogP contribution in [0.4, 0.5) is 0 Å². The third-order valence-corrected chi connectivity index (χ3v) is 8.38. The standard InChI is InChI=1S/C32H29NO9/c1-36-24-8-16(9-25(37-2)30(24)38-3)28-19-11-21-22(14-39-32(21)35)29(20(19)12-26-31(28)41-15-40-26)42-27(34)10-17-13-33-23-7-5-4-6-18(17)23/h4-9,12-13,21-22,29,33H,10-11,14-15H2,1-3H3/t21-,22+,29+/m1/s1. The minimum atomic E-state index is -0.724. The molecule has 1 saturated heterocycles. The van der Waals surface area contributed by atoms with Crippen LogP contribution in [0.15, 0.2) is 48.7 Å². The van der Waals surface area contributed by atoms with Gasteiger partial charge in [0, 0.05) is 34.1 Å². The average Bonchev–Trinajstić information content (AvgIpc) is 3.74. The molecular weight excluding hydrogens is 542 g/mol. The van der Waals surface area contributed by atoms with E-state index in [0.29, 0.717) is 35.2 Å². The number of carbonyl (C=O) groups is 2. The monoisotopic (exact) mass is 571 g/mol. The van der Waals surface area contributed by atoms with Crippen LogP contribution in [-0.2, 0) is 31.9 Å². The molecule has 10 heteroatoms. The van der Waals surface area contributed by atoms with Crippen molar-refractivity contribution in [3.8, 4) is 39.9 Å². The second-order valence-electron chi connectivity index (χ2n) is 10.5. The van der Waals surface area contributed by atoms with Crippen molar-refractivity contribution in [3.05, 3.63) is 65.4 Å². The number of cyclic esters (lactones) is 1. The van der Waals surface area contributed by atoms with Gasteiger partial charge >= 0.3 is 11.9 Å². The van der Waals surface area contributed by atoms with Gasteiger partial charge in [0.2, 0.25) is 12.5 Å². The Morgan fingerprint density at radius 2 is 1.79 bits per heavy atom. The largest absolute Gasteiger partial charge is 0.493 e. The van der Waals surface area contributed by atoms with Gasteiger partial charge in [-0.3, -0.25) is 9.59 Å². The highest BCUT2D eigenvalue weighted by Gasteiger charge is 2.49. The van der Waals surface area contributed by atoms with E-state index >= 15 is 0 Å². The molecule has 2 aliphatic heterocycles. The molecule has 0 radical (unpaired) electrons. The lowest BCUT2D eigenvalue weighted by molar-refractivity contribution is -0.153. The molecule has 10 nitrogen and oxygen atoms in total. The molecule has 42 heavy (non-hydrogen) atoms. The van der Waals surface area contributed by atoms with E-state index in [1.165, 1.54) is 0 Å². The molecule has 216 valence electrons. The average molecular weight is 572 g/mol. The molecule has 3 aromatic carbocycles. The Bertz CT molecular complexity index is 1700. The summed E-state index contributed by atoms with van der Waals surface area (Å²) in [6, 6.07) is 13.3. The lowest BCUT2D eigenvalue weighted by Gasteiger charge is -2.34. The van der Waals surface area contributed by atoms with Crippen LogP contribution >= 0.6 is 0 Å². The Hall–Kier alpha value is -4.86. The van der Waals surface area contributed by atoms with Crippen molar-refractivity contribution in [2.24, 2.45) is 11.8 Å². The van der Waals surface area contributed by atoms with Crippen LogP contribution in [0, 0.1) is 11.8 Å². The number of esters is 2. The Balaban J connectivity index is 1.34. The first-order valence-electron chi connectivity index (χ1n) is 13.7. The molecule has 0 saturated carbocycles. The topological polar surface area (TPSA) is 115 Å². The number of hydrogen-bond acceptors (Lipinski definition) is 9. The number of carbonyl (C=O) groups excluding carboxylic acids is 2. The molecule has 0 amide bonds. The fraction of sp³-hybridized carbons (Fsp3) is 0.312. The van der Waals surface area contributed by atoms with E-state index in [9.17, 15) is 9.59 Å². The zero-order valence-corrected chi connectivity index (χ0v) is 23.4. The van der Waals surface area contributed by atoms with Crippen LogP contribution in [0.2, 0.25) is 0 Å². The molecule has 1 aromatic heterocycles. The van der Waals surface area contributed by atoms with Crippen LogP contribution in [0.3, 0.4) is 0 Å². The number of aromatic amines is 1. The third-order valence-electron chi connectivity index (χ3n) is 8.38. The summed E-state index contributed by atoms with van der Waals surface area (Å²) in [7, 11) is 4.64. The highest BCUT2D eigenvalue weighted by molar-refractivity contribution is 5.88. The Labute approximate surface area is 241 Å².